The van der Waals surface area contributed by atoms with E-state index in [4.69, 9.17) is 4.74 Å². The second kappa shape index (κ2) is 4.87. The number of rotatable bonds is 3. The van der Waals surface area contributed by atoms with E-state index < -0.39 is 0 Å². The molecule has 0 saturated heterocycles. The highest BCUT2D eigenvalue weighted by Gasteiger charge is 2.23. The molecule has 0 aliphatic heterocycles. The number of ether oxygens (including phenoxy) is 1. The maximum Gasteiger partial charge on any atom is 0.340 e. The van der Waals surface area contributed by atoms with E-state index in [-0.39, 0.29) is 5.97 Å². The van der Waals surface area contributed by atoms with E-state index in [2.05, 4.69) is 22.5 Å². The van der Waals surface area contributed by atoms with Gasteiger partial charge in [-0.25, -0.2) is 4.79 Å². The second-order valence-corrected chi connectivity index (χ2v) is 4.27. The van der Waals surface area contributed by atoms with Crippen molar-refractivity contribution < 1.29 is 9.53 Å². The van der Waals surface area contributed by atoms with Gasteiger partial charge in [0.15, 0.2) is 0 Å². The van der Waals surface area contributed by atoms with Crippen molar-refractivity contribution in [1.82, 2.24) is 4.57 Å². The van der Waals surface area contributed by atoms with Gasteiger partial charge in [-0.15, -0.1) is 0 Å². The van der Waals surface area contributed by atoms with Crippen molar-refractivity contribution in [2.24, 2.45) is 7.05 Å². The third kappa shape index (κ3) is 1.94. The quantitative estimate of drug-likeness (QED) is 0.632. The number of esters is 1. The summed E-state index contributed by atoms with van der Waals surface area (Å²) >= 11 is 3.36. The van der Waals surface area contributed by atoms with E-state index in [1.54, 1.807) is 0 Å². The normalized spacial score (nSPS) is 10.3. The molecule has 1 aromatic heterocycles. The van der Waals surface area contributed by atoms with Gasteiger partial charge in [0.05, 0.1) is 12.7 Å². The van der Waals surface area contributed by atoms with Gasteiger partial charge in [-0.05, 0) is 19.4 Å². The minimum absolute atomic E-state index is 0.307. The molecule has 16 heavy (non-hydrogen) atoms. The number of aromatic nitrogens is 1. The zero-order valence-electron chi connectivity index (χ0n) is 10.1. The third-order valence-electron chi connectivity index (χ3n) is 2.88. The van der Waals surface area contributed by atoms with Gasteiger partial charge in [0.1, 0.15) is 0 Å². The number of hydrogen-bond acceptors (Lipinski definition) is 2. The van der Waals surface area contributed by atoms with Crippen LogP contribution in [0.3, 0.4) is 0 Å². The molecule has 0 atom stereocenters. The summed E-state index contributed by atoms with van der Waals surface area (Å²) in [7, 11) is 3.33. The SMILES string of the molecule is C=C(CBr)c1c(C(=O)OC)c(C)n(C)c1C. The molecule has 1 aromatic rings. The summed E-state index contributed by atoms with van der Waals surface area (Å²) < 4.78 is 6.79. The smallest absolute Gasteiger partial charge is 0.340 e. The summed E-state index contributed by atoms with van der Waals surface area (Å²) in [4.78, 5) is 11.7. The van der Waals surface area contributed by atoms with Gasteiger partial charge >= 0.3 is 5.97 Å². The molecular formula is C12H16BrNO2. The third-order valence-corrected chi connectivity index (χ3v) is 3.56. The van der Waals surface area contributed by atoms with Gasteiger partial charge in [0.25, 0.3) is 0 Å². The largest absolute Gasteiger partial charge is 0.465 e. The molecule has 0 bridgehead atoms. The Morgan fingerprint density at radius 1 is 1.38 bits per heavy atom. The van der Waals surface area contributed by atoms with E-state index in [0.29, 0.717) is 10.9 Å². The Labute approximate surface area is 104 Å². The zero-order valence-corrected chi connectivity index (χ0v) is 11.6. The molecule has 4 heteroatoms. The van der Waals surface area contributed by atoms with Crippen molar-refractivity contribution in [1.29, 1.82) is 0 Å². The Hall–Kier alpha value is -1.03. The number of nitrogens with zero attached hydrogens (tertiary/aromatic N) is 1. The van der Waals surface area contributed by atoms with Crippen LogP contribution in [0.2, 0.25) is 0 Å². The first-order valence-corrected chi connectivity index (χ1v) is 6.06. The van der Waals surface area contributed by atoms with Crippen molar-refractivity contribution >= 4 is 27.5 Å². The summed E-state index contributed by atoms with van der Waals surface area (Å²) in [5.74, 6) is -0.307. The highest BCUT2D eigenvalue weighted by atomic mass is 79.9. The van der Waals surface area contributed by atoms with Crippen LogP contribution in [0.5, 0.6) is 0 Å². The molecule has 0 N–H and O–H groups in total. The molecular weight excluding hydrogens is 270 g/mol. The van der Waals surface area contributed by atoms with Crippen LogP contribution in [-0.4, -0.2) is 23.0 Å². The predicted octanol–water partition coefficient (Wildman–Crippen LogP) is 2.84. The zero-order chi connectivity index (χ0) is 12.5. The number of allylic oxidation sites excluding steroid dienone is 1. The molecule has 0 saturated carbocycles. The molecule has 0 radical (unpaired) electrons. The van der Waals surface area contributed by atoms with Crippen LogP contribution in [0.1, 0.15) is 27.3 Å². The number of methoxy groups -OCH3 is 1. The number of carbonyl (C=O) groups is 1. The van der Waals surface area contributed by atoms with Crippen LogP contribution < -0.4 is 0 Å². The molecule has 0 fully saturated rings. The van der Waals surface area contributed by atoms with Crippen molar-refractivity contribution in [3.8, 4) is 0 Å². The maximum absolute atomic E-state index is 11.7. The van der Waals surface area contributed by atoms with Gasteiger partial charge in [0, 0.05) is 29.3 Å². The van der Waals surface area contributed by atoms with Gasteiger partial charge in [0.2, 0.25) is 0 Å². The van der Waals surface area contributed by atoms with Gasteiger partial charge < -0.3 is 9.30 Å². The maximum atomic E-state index is 11.7. The number of hydrogen-bond donors (Lipinski definition) is 0. The average Bonchev–Trinajstić information content (AvgIpc) is 2.51. The summed E-state index contributed by atoms with van der Waals surface area (Å²) in [6.07, 6.45) is 0. The van der Waals surface area contributed by atoms with Crippen molar-refractivity contribution in [2.75, 3.05) is 12.4 Å². The molecule has 0 aromatic carbocycles. The minimum Gasteiger partial charge on any atom is -0.465 e. The van der Waals surface area contributed by atoms with Gasteiger partial charge in [-0.2, -0.15) is 0 Å². The second-order valence-electron chi connectivity index (χ2n) is 3.71. The fourth-order valence-electron chi connectivity index (χ4n) is 1.80. The lowest BCUT2D eigenvalue weighted by Crippen LogP contribution is -2.05. The van der Waals surface area contributed by atoms with Crippen LogP contribution in [0.4, 0.5) is 0 Å². The van der Waals surface area contributed by atoms with Gasteiger partial charge in [-0.1, -0.05) is 22.5 Å². The Bertz CT molecular complexity index is 407. The molecule has 0 aliphatic carbocycles. The van der Waals surface area contributed by atoms with E-state index in [0.717, 1.165) is 22.5 Å². The highest BCUT2D eigenvalue weighted by molar-refractivity contribution is 9.09. The lowest BCUT2D eigenvalue weighted by atomic mass is 10.0. The average molecular weight is 286 g/mol. The molecule has 0 spiro atoms. The van der Waals surface area contributed by atoms with Crippen LogP contribution in [0, 0.1) is 13.8 Å². The van der Waals surface area contributed by atoms with Crippen molar-refractivity contribution in [3.05, 3.63) is 29.1 Å². The van der Waals surface area contributed by atoms with Crippen LogP contribution in [0.25, 0.3) is 5.57 Å². The topological polar surface area (TPSA) is 31.2 Å². The summed E-state index contributed by atoms with van der Waals surface area (Å²) in [6, 6.07) is 0. The summed E-state index contributed by atoms with van der Waals surface area (Å²) in [5.41, 5.74) is 4.33. The summed E-state index contributed by atoms with van der Waals surface area (Å²) in [6.45, 7) is 7.85. The molecule has 0 unspecified atom stereocenters. The monoisotopic (exact) mass is 285 g/mol. The van der Waals surface area contributed by atoms with E-state index >= 15 is 0 Å². The van der Waals surface area contributed by atoms with Gasteiger partial charge in [-0.3, -0.25) is 0 Å². The first kappa shape index (κ1) is 13.0. The lowest BCUT2D eigenvalue weighted by molar-refractivity contribution is 0.0599. The van der Waals surface area contributed by atoms with E-state index in [1.807, 2.05) is 25.5 Å². The van der Waals surface area contributed by atoms with E-state index in [1.165, 1.54) is 7.11 Å². The summed E-state index contributed by atoms with van der Waals surface area (Å²) in [5, 5.41) is 0.640. The Balaban J connectivity index is 3.51. The van der Waals surface area contributed by atoms with Crippen molar-refractivity contribution in [3.63, 3.8) is 0 Å². The first-order valence-electron chi connectivity index (χ1n) is 4.94. The number of alkyl halides is 1. The highest BCUT2D eigenvalue weighted by Crippen LogP contribution is 2.28. The number of carbonyl (C=O) groups excluding carboxylic acids is 1. The molecule has 0 amide bonds. The van der Waals surface area contributed by atoms with Crippen LogP contribution in [0.15, 0.2) is 6.58 Å². The molecule has 1 heterocycles. The molecule has 3 nitrogen and oxygen atoms in total. The fourth-order valence-corrected chi connectivity index (χ4v) is 2.08. The predicted molar refractivity (Wildman–Crippen MR) is 69.1 cm³/mol. The molecule has 88 valence electrons. The fraction of sp³-hybridized carbons (Fsp3) is 0.417. The Morgan fingerprint density at radius 2 is 1.88 bits per heavy atom. The minimum atomic E-state index is -0.307. The van der Waals surface area contributed by atoms with Crippen LogP contribution in [-0.2, 0) is 11.8 Å². The molecule has 1 rings (SSSR count). The molecule has 0 aliphatic rings. The standard InChI is InChI=1S/C12H16BrNO2/c1-7(6-13)10-8(2)14(4)9(3)11(10)12(15)16-5/h1,6H2,2-5H3. The lowest BCUT2D eigenvalue weighted by Gasteiger charge is -2.05. The van der Waals surface area contributed by atoms with E-state index in [9.17, 15) is 4.79 Å². The Morgan fingerprint density at radius 3 is 2.31 bits per heavy atom. The Kier molecular flexibility index (Phi) is 3.97. The first-order chi connectivity index (χ1) is 7.45. The van der Waals surface area contributed by atoms with Crippen molar-refractivity contribution in [2.45, 2.75) is 13.8 Å². The van der Waals surface area contributed by atoms with Crippen LogP contribution >= 0.6 is 15.9 Å². The number of halogens is 1.